The van der Waals surface area contributed by atoms with Gasteiger partial charge in [-0.2, -0.15) is 0 Å². The van der Waals surface area contributed by atoms with Gasteiger partial charge >= 0.3 is 0 Å². The number of hydrogen-bond acceptors (Lipinski definition) is 5. The monoisotopic (exact) mass is 370 g/mol. The Balaban J connectivity index is 1.72. The second-order valence-corrected chi connectivity index (χ2v) is 6.20. The third-order valence-electron chi connectivity index (χ3n) is 4.48. The summed E-state index contributed by atoms with van der Waals surface area (Å²) in [7, 11) is 0. The van der Waals surface area contributed by atoms with Crippen molar-refractivity contribution >= 4 is 17.3 Å². The van der Waals surface area contributed by atoms with E-state index < -0.39 is 23.1 Å². The fourth-order valence-corrected chi connectivity index (χ4v) is 3.18. The van der Waals surface area contributed by atoms with Crippen molar-refractivity contribution in [1.29, 1.82) is 0 Å². The van der Waals surface area contributed by atoms with E-state index in [1.54, 1.807) is 6.07 Å². The van der Waals surface area contributed by atoms with Crippen LogP contribution < -0.4 is 10.2 Å². The molecule has 0 bridgehead atoms. The SMILES string of the molecule is O=C(Nc1cc(-n2cnnn2)ccc1N1CCCC1)c1c(F)cccc1F. The first-order valence-electron chi connectivity index (χ1n) is 8.51. The number of carbonyl (C=O) groups is 1. The Hall–Kier alpha value is -3.36. The molecule has 0 atom stereocenters. The second-order valence-electron chi connectivity index (χ2n) is 6.20. The third-order valence-corrected chi connectivity index (χ3v) is 4.48. The summed E-state index contributed by atoms with van der Waals surface area (Å²) in [5.74, 6) is -2.67. The molecule has 0 spiro atoms. The number of anilines is 2. The molecule has 9 heteroatoms. The van der Waals surface area contributed by atoms with Gasteiger partial charge in [0.05, 0.1) is 17.1 Å². The Labute approximate surface area is 153 Å². The summed E-state index contributed by atoms with van der Waals surface area (Å²) in [5.41, 5.74) is 1.23. The van der Waals surface area contributed by atoms with Crippen LogP contribution in [0.2, 0.25) is 0 Å². The minimum absolute atomic E-state index is 0.442. The summed E-state index contributed by atoms with van der Waals surface area (Å²) >= 11 is 0. The molecule has 2 aromatic carbocycles. The molecule has 0 aliphatic carbocycles. The van der Waals surface area contributed by atoms with Crippen LogP contribution in [0.3, 0.4) is 0 Å². The number of tetrazole rings is 1. The van der Waals surface area contributed by atoms with E-state index in [1.807, 2.05) is 12.1 Å². The van der Waals surface area contributed by atoms with Gasteiger partial charge in [-0.15, -0.1) is 5.10 Å². The van der Waals surface area contributed by atoms with Crippen molar-refractivity contribution in [3.8, 4) is 5.69 Å². The molecule has 0 unspecified atom stereocenters. The molecule has 1 aliphatic heterocycles. The average molecular weight is 370 g/mol. The van der Waals surface area contributed by atoms with Gasteiger partial charge in [0.25, 0.3) is 5.91 Å². The van der Waals surface area contributed by atoms with Crippen LogP contribution in [0.15, 0.2) is 42.7 Å². The molecule has 138 valence electrons. The van der Waals surface area contributed by atoms with Gasteiger partial charge in [-0.3, -0.25) is 4.79 Å². The van der Waals surface area contributed by atoms with Crippen LogP contribution in [-0.4, -0.2) is 39.2 Å². The summed E-state index contributed by atoms with van der Waals surface area (Å²) < 4.78 is 29.4. The molecule has 7 nitrogen and oxygen atoms in total. The number of benzene rings is 2. The summed E-state index contributed by atoms with van der Waals surface area (Å²) in [4.78, 5) is 14.7. The first-order chi connectivity index (χ1) is 13.1. The average Bonchev–Trinajstić information content (AvgIpc) is 3.36. The van der Waals surface area contributed by atoms with Gasteiger partial charge in [0, 0.05) is 13.1 Å². The van der Waals surface area contributed by atoms with E-state index in [0.29, 0.717) is 11.4 Å². The topological polar surface area (TPSA) is 75.9 Å². The van der Waals surface area contributed by atoms with E-state index in [9.17, 15) is 13.6 Å². The molecule has 1 amide bonds. The van der Waals surface area contributed by atoms with Crippen molar-refractivity contribution < 1.29 is 13.6 Å². The molecule has 1 fully saturated rings. The van der Waals surface area contributed by atoms with Crippen LogP contribution in [-0.2, 0) is 0 Å². The fourth-order valence-electron chi connectivity index (χ4n) is 3.18. The van der Waals surface area contributed by atoms with Gasteiger partial charge in [-0.1, -0.05) is 6.07 Å². The van der Waals surface area contributed by atoms with Crippen molar-refractivity contribution in [2.75, 3.05) is 23.3 Å². The predicted molar refractivity (Wildman–Crippen MR) is 94.9 cm³/mol. The molecule has 1 N–H and O–H groups in total. The highest BCUT2D eigenvalue weighted by Gasteiger charge is 2.21. The largest absolute Gasteiger partial charge is 0.370 e. The van der Waals surface area contributed by atoms with Gasteiger partial charge in [0.15, 0.2) is 0 Å². The third kappa shape index (κ3) is 3.35. The van der Waals surface area contributed by atoms with E-state index >= 15 is 0 Å². The maximum atomic E-state index is 14.0. The number of hydrogen-bond donors (Lipinski definition) is 1. The molecule has 0 radical (unpaired) electrons. The highest BCUT2D eigenvalue weighted by atomic mass is 19.1. The molecular weight excluding hydrogens is 354 g/mol. The molecule has 0 saturated carbocycles. The van der Waals surface area contributed by atoms with Gasteiger partial charge in [0.1, 0.15) is 23.5 Å². The second kappa shape index (κ2) is 7.10. The molecular formula is C18H16F2N6O. The summed E-state index contributed by atoms with van der Waals surface area (Å²) in [6, 6.07) is 8.67. The number of nitrogens with zero attached hydrogens (tertiary/aromatic N) is 5. The van der Waals surface area contributed by atoms with E-state index in [4.69, 9.17) is 0 Å². The van der Waals surface area contributed by atoms with Crippen LogP contribution in [0.25, 0.3) is 5.69 Å². The Morgan fingerprint density at radius 2 is 1.81 bits per heavy atom. The molecule has 1 saturated heterocycles. The van der Waals surface area contributed by atoms with Gasteiger partial charge in [0.2, 0.25) is 0 Å². The number of aromatic nitrogens is 4. The molecule has 4 rings (SSSR count). The van der Waals surface area contributed by atoms with E-state index in [-0.39, 0.29) is 0 Å². The van der Waals surface area contributed by atoms with Crippen LogP contribution in [0, 0.1) is 11.6 Å². The number of nitrogens with one attached hydrogen (secondary N) is 1. The molecule has 2 heterocycles. The number of carbonyl (C=O) groups excluding carboxylic acids is 1. The zero-order chi connectivity index (χ0) is 18.8. The van der Waals surface area contributed by atoms with Crippen molar-refractivity contribution in [3.05, 3.63) is 59.9 Å². The highest BCUT2D eigenvalue weighted by molar-refractivity contribution is 6.06. The van der Waals surface area contributed by atoms with Gasteiger partial charge in [-0.25, -0.2) is 13.5 Å². The van der Waals surface area contributed by atoms with Crippen LogP contribution in [0.5, 0.6) is 0 Å². The predicted octanol–water partition coefficient (Wildman–Crippen LogP) is 2.79. The number of rotatable bonds is 4. The lowest BCUT2D eigenvalue weighted by atomic mass is 10.1. The Kier molecular flexibility index (Phi) is 4.49. The highest BCUT2D eigenvalue weighted by Crippen LogP contribution is 2.31. The van der Waals surface area contributed by atoms with Crippen molar-refractivity contribution in [2.45, 2.75) is 12.8 Å². The lowest BCUT2D eigenvalue weighted by Gasteiger charge is -2.22. The maximum absolute atomic E-state index is 14.0. The molecule has 1 aromatic heterocycles. The minimum atomic E-state index is -0.910. The summed E-state index contributed by atoms with van der Waals surface area (Å²) in [6.07, 6.45) is 3.52. The zero-order valence-electron chi connectivity index (χ0n) is 14.3. The summed E-state index contributed by atoms with van der Waals surface area (Å²) in [5, 5.41) is 13.7. The standard InChI is InChI=1S/C18H16F2N6O/c19-13-4-3-5-14(20)17(13)18(27)22-15-10-12(26-11-21-23-24-26)6-7-16(15)25-8-1-2-9-25/h3-7,10-11H,1-2,8-9H2,(H,22,27). The Morgan fingerprint density at radius 1 is 1.07 bits per heavy atom. The number of halogens is 2. The Morgan fingerprint density at radius 3 is 2.48 bits per heavy atom. The summed E-state index contributed by atoms with van der Waals surface area (Å²) in [6.45, 7) is 1.70. The van der Waals surface area contributed by atoms with Gasteiger partial charge < -0.3 is 10.2 Å². The van der Waals surface area contributed by atoms with Crippen molar-refractivity contribution in [3.63, 3.8) is 0 Å². The molecule has 27 heavy (non-hydrogen) atoms. The maximum Gasteiger partial charge on any atom is 0.261 e. The van der Waals surface area contributed by atoms with E-state index in [1.165, 1.54) is 17.1 Å². The van der Waals surface area contributed by atoms with Crippen molar-refractivity contribution in [1.82, 2.24) is 20.2 Å². The van der Waals surface area contributed by atoms with Crippen LogP contribution in [0.1, 0.15) is 23.2 Å². The van der Waals surface area contributed by atoms with Crippen molar-refractivity contribution in [2.24, 2.45) is 0 Å². The first kappa shape index (κ1) is 17.1. The van der Waals surface area contributed by atoms with E-state index in [0.717, 1.165) is 43.8 Å². The smallest absolute Gasteiger partial charge is 0.261 e. The quantitative estimate of drug-likeness (QED) is 0.764. The van der Waals surface area contributed by atoms with Crippen LogP contribution in [0.4, 0.5) is 20.2 Å². The molecule has 1 aliphatic rings. The molecule has 3 aromatic rings. The minimum Gasteiger partial charge on any atom is -0.370 e. The normalized spacial score (nSPS) is 13.8. The lowest BCUT2D eigenvalue weighted by molar-refractivity contribution is 0.101. The van der Waals surface area contributed by atoms with Gasteiger partial charge in [-0.05, 0) is 53.6 Å². The zero-order valence-corrected chi connectivity index (χ0v) is 14.3. The van der Waals surface area contributed by atoms with E-state index in [2.05, 4.69) is 25.7 Å². The first-order valence-corrected chi connectivity index (χ1v) is 8.51. The van der Waals surface area contributed by atoms with Crippen LogP contribution >= 0.6 is 0 Å². The number of amides is 1. The fraction of sp³-hybridized carbons (Fsp3) is 0.222. The Bertz CT molecular complexity index is 950. The lowest BCUT2D eigenvalue weighted by Crippen LogP contribution is -2.22.